The van der Waals surface area contributed by atoms with Gasteiger partial charge in [-0.2, -0.15) is 0 Å². The lowest BCUT2D eigenvalue weighted by atomic mass is 9.76. The Hall–Kier alpha value is -0.570. The lowest BCUT2D eigenvalue weighted by Crippen LogP contribution is -2.49. The lowest BCUT2D eigenvalue weighted by Gasteiger charge is -2.41. The molecule has 3 atom stereocenters. The summed E-state index contributed by atoms with van der Waals surface area (Å²) < 4.78 is 0. The van der Waals surface area contributed by atoms with Crippen molar-refractivity contribution in [2.45, 2.75) is 70.4 Å². The predicted octanol–water partition coefficient (Wildman–Crippen LogP) is 3.14. The topological polar surface area (TPSA) is 40.5 Å². The first-order valence-electron chi connectivity index (χ1n) is 8.17. The summed E-state index contributed by atoms with van der Waals surface area (Å²) in [6.45, 7) is 3.43. The van der Waals surface area contributed by atoms with Crippen LogP contribution in [0.25, 0.3) is 0 Å². The molecule has 0 aromatic carbocycles. The predicted molar refractivity (Wildman–Crippen MR) is 75.0 cm³/mol. The van der Waals surface area contributed by atoms with Crippen LogP contribution in [0.3, 0.4) is 0 Å². The monoisotopic (exact) mass is 265 g/mol. The maximum absolute atomic E-state index is 11.6. The van der Waals surface area contributed by atoms with Crippen LogP contribution in [0.1, 0.15) is 58.3 Å². The van der Waals surface area contributed by atoms with Gasteiger partial charge in [-0.3, -0.25) is 9.69 Å². The standard InChI is InChI=1S/C16H27NO2/c1-2-11-5-8-14(16(18)19)15(9-11)17(13-6-7-13)10-12-3-4-12/h11-15H,2-10H2,1H3,(H,18,19). The summed E-state index contributed by atoms with van der Waals surface area (Å²) in [7, 11) is 0. The summed E-state index contributed by atoms with van der Waals surface area (Å²) >= 11 is 0. The molecule has 0 bridgehead atoms. The molecule has 3 nitrogen and oxygen atoms in total. The SMILES string of the molecule is CCC1CCC(C(=O)O)C(N(CC2CC2)C2CC2)C1. The Balaban J connectivity index is 1.72. The van der Waals surface area contributed by atoms with Crippen LogP contribution in [0.2, 0.25) is 0 Å². The molecule has 3 fully saturated rings. The Bertz CT molecular complexity index is 336. The van der Waals surface area contributed by atoms with Crippen molar-refractivity contribution in [3.8, 4) is 0 Å². The number of nitrogens with zero attached hydrogens (tertiary/aromatic N) is 1. The third kappa shape index (κ3) is 3.13. The van der Waals surface area contributed by atoms with Gasteiger partial charge >= 0.3 is 5.97 Å². The van der Waals surface area contributed by atoms with Gasteiger partial charge in [0, 0.05) is 18.6 Å². The van der Waals surface area contributed by atoms with Crippen molar-refractivity contribution in [3.63, 3.8) is 0 Å². The number of hydrogen-bond donors (Lipinski definition) is 1. The van der Waals surface area contributed by atoms with Gasteiger partial charge < -0.3 is 5.11 Å². The highest BCUT2D eigenvalue weighted by molar-refractivity contribution is 5.71. The second kappa shape index (κ2) is 5.43. The quantitative estimate of drug-likeness (QED) is 0.802. The summed E-state index contributed by atoms with van der Waals surface area (Å²) in [5, 5.41) is 9.54. The molecule has 0 radical (unpaired) electrons. The van der Waals surface area contributed by atoms with Gasteiger partial charge in [0.2, 0.25) is 0 Å². The van der Waals surface area contributed by atoms with E-state index in [9.17, 15) is 9.90 Å². The number of aliphatic carboxylic acids is 1. The van der Waals surface area contributed by atoms with Crippen molar-refractivity contribution in [2.75, 3.05) is 6.54 Å². The molecular formula is C16H27NO2. The van der Waals surface area contributed by atoms with Crippen molar-refractivity contribution < 1.29 is 9.90 Å². The molecule has 3 heteroatoms. The Morgan fingerprint density at radius 1 is 1.11 bits per heavy atom. The second-order valence-electron chi connectivity index (χ2n) is 6.97. The highest BCUT2D eigenvalue weighted by Gasteiger charge is 2.44. The fraction of sp³-hybridized carbons (Fsp3) is 0.938. The molecule has 19 heavy (non-hydrogen) atoms. The zero-order chi connectivity index (χ0) is 13.4. The van der Waals surface area contributed by atoms with Crippen LogP contribution in [0.5, 0.6) is 0 Å². The fourth-order valence-corrected chi connectivity index (χ4v) is 3.82. The Kier molecular flexibility index (Phi) is 3.84. The third-order valence-electron chi connectivity index (χ3n) is 5.43. The highest BCUT2D eigenvalue weighted by Crippen LogP contribution is 2.42. The molecule has 0 aromatic rings. The van der Waals surface area contributed by atoms with Crippen LogP contribution >= 0.6 is 0 Å². The normalized spacial score (nSPS) is 35.6. The van der Waals surface area contributed by atoms with Crippen LogP contribution in [0.15, 0.2) is 0 Å². The highest BCUT2D eigenvalue weighted by atomic mass is 16.4. The molecule has 0 aliphatic heterocycles. The smallest absolute Gasteiger partial charge is 0.308 e. The molecule has 0 heterocycles. The average Bonchev–Trinajstić information content (AvgIpc) is 3.27. The molecule has 0 saturated heterocycles. The van der Waals surface area contributed by atoms with Gasteiger partial charge in [-0.05, 0) is 56.8 Å². The van der Waals surface area contributed by atoms with Crippen molar-refractivity contribution >= 4 is 5.97 Å². The minimum atomic E-state index is -0.555. The van der Waals surface area contributed by atoms with Crippen LogP contribution in [-0.2, 0) is 4.79 Å². The summed E-state index contributed by atoms with van der Waals surface area (Å²) in [6.07, 6.45) is 9.67. The second-order valence-corrected chi connectivity index (χ2v) is 6.97. The van der Waals surface area contributed by atoms with E-state index >= 15 is 0 Å². The molecular weight excluding hydrogens is 238 g/mol. The first-order chi connectivity index (χ1) is 9.19. The van der Waals surface area contributed by atoms with Crippen molar-refractivity contribution in [3.05, 3.63) is 0 Å². The van der Waals surface area contributed by atoms with Gasteiger partial charge in [-0.1, -0.05) is 13.3 Å². The van der Waals surface area contributed by atoms with Gasteiger partial charge in [0.15, 0.2) is 0 Å². The first kappa shape index (κ1) is 13.4. The molecule has 3 rings (SSSR count). The van der Waals surface area contributed by atoms with Crippen LogP contribution in [0.4, 0.5) is 0 Å². The molecule has 3 unspecified atom stereocenters. The Labute approximate surface area is 116 Å². The lowest BCUT2D eigenvalue weighted by molar-refractivity contribution is -0.146. The maximum atomic E-state index is 11.6. The summed E-state index contributed by atoms with van der Waals surface area (Å²) in [5.74, 6) is 0.959. The van der Waals surface area contributed by atoms with E-state index in [1.54, 1.807) is 0 Å². The van der Waals surface area contributed by atoms with Crippen LogP contribution in [0, 0.1) is 17.8 Å². The summed E-state index contributed by atoms with van der Waals surface area (Å²) in [5.41, 5.74) is 0. The number of carbonyl (C=O) groups is 1. The van der Waals surface area contributed by atoms with Gasteiger partial charge in [-0.25, -0.2) is 0 Å². The van der Waals surface area contributed by atoms with Crippen molar-refractivity contribution in [1.29, 1.82) is 0 Å². The first-order valence-corrected chi connectivity index (χ1v) is 8.17. The summed E-state index contributed by atoms with van der Waals surface area (Å²) in [4.78, 5) is 14.2. The Morgan fingerprint density at radius 2 is 1.79 bits per heavy atom. The number of carboxylic acids is 1. The molecule has 1 N–H and O–H groups in total. The number of rotatable bonds is 6. The maximum Gasteiger partial charge on any atom is 0.308 e. The molecule has 108 valence electrons. The number of carboxylic acid groups (broad SMARTS) is 1. The minimum absolute atomic E-state index is 0.109. The van der Waals surface area contributed by atoms with E-state index in [1.165, 1.54) is 38.6 Å². The van der Waals surface area contributed by atoms with Gasteiger partial charge in [-0.15, -0.1) is 0 Å². The molecule has 0 amide bonds. The molecule has 3 saturated carbocycles. The van der Waals surface area contributed by atoms with E-state index in [0.717, 1.165) is 31.1 Å². The largest absolute Gasteiger partial charge is 0.481 e. The van der Waals surface area contributed by atoms with Crippen LogP contribution in [-0.4, -0.2) is 34.6 Å². The van der Waals surface area contributed by atoms with Gasteiger partial charge in [0.25, 0.3) is 0 Å². The molecule has 0 spiro atoms. The minimum Gasteiger partial charge on any atom is -0.481 e. The van der Waals surface area contributed by atoms with Crippen molar-refractivity contribution in [2.24, 2.45) is 17.8 Å². The van der Waals surface area contributed by atoms with E-state index in [0.29, 0.717) is 12.1 Å². The van der Waals surface area contributed by atoms with Gasteiger partial charge in [0.05, 0.1) is 5.92 Å². The number of hydrogen-bond acceptors (Lipinski definition) is 2. The van der Waals surface area contributed by atoms with E-state index in [-0.39, 0.29) is 5.92 Å². The summed E-state index contributed by atoms with van der Waals surface area (Å²) in [6, 6.07) is 1.03. The van der Waals surface area contributed by atoms with E-state index in [4.69, 9.17) is 0 Å². The van der Waals surface area contributed by atoms with Gasteiger partial charge in [0.1, 0.15) is 0 Å². The van der Waals surface area contributed by atoms with Crippen LogP contribution < -0.4 is 0 Å². The molecule has 3 aliphatic rings. The zero-order valence-corrected chi connectivity index (χ0v) is 12.1. The fourth-order valence-electron chi connectivity index (χ4n) is 3.82. The van der Waals surface area contributed by atoms with Crippen molar-refractivity contribution in [1.82, 2.24) is 4.90 Å². The van der Waals surface area contributed by atoms with E-state index < -0.39 is 5.97 Å². The molecule has 0 aromatic heterocycles. The van der Waals surface area contributed by atoms with E-state index in [1.807, 2.05) is 0 Å². The zero-order valence-electron chi connectivity index (χ0n) is 12.1. The third-order valence-corrected chi connectivity index (χ3v) is 5.43. The van der Waals surface area contributed by atoms with E-state index in [2.05, 4.69) is 11.8 Å². The average molecular weight is 265 g/mol. The molecule has 3 aliphatic carbocycles. The Morgan fingerprint density at radius 3 is 2.32 bits per heavy atom.